The number of hydrogen-bond donors (Lipinski definition) is 2. The van der Waals surface area contributed by atoms with Crippen LogP contribution in [0.3, 0.4) is 0 Å². The number of hydrogen-bond acceptors (Lipinski definition) is 7. The van der Waals surface area contributed by atoms with Gasteiger partial charge in [0.1, 0.15) is 5.82 Å². The van der Waals surface area contributed by atoms with E-state index in [2.05, 4.69) is 30.8 Å². The number of anilines is 3. The predicted octanol–water partition coefficient (Wildman–Crippen LogP) is 2.24. The highest BCUT2D eigenvalue weighted by molar-refractivity contribution is 5.62. The maximum atomic E-state index is 14.5. The second-order valence-electron chi connectivity index (χ2n) is 5.85. The molecule has 1 aromatic carbocycles. The predicted molar refractivity (Wildman–Crippen MR) is 85.5 cm³/mol. The average Bonchev–Trinajstić information content (AvgIpc) is 3.34. The zero-order valence-electron chi connectivity index (χ0n) is 13.2. The molecule has 0 saturated heterocycles. The second-order valence-corrected chi connectivity index (χ2v) is 5.85. The van der Waals surface area contributed by atoms with E-state index in [-0.39, 0.29) is 17.5 Å². The molecule has 2 heterocycles. The van der Waals surface area contributed by atoms with Crippen LogP contribution < -0.4 is 11.1 Å². The average molecular weight is 344 g/mol. The van der Waals surface area contributed by atoms with Crippen LogP contribution in [-0.4, -0.2) is 30.2 Å². The Morgan fingerprint density at radius 3 is 2.68 bits per heavy atom. The number of rotatable bonds is 4. The topological polar surface area (TPSA) is 107 Å². The molecule has 0 amide bonds. The third kappa shape index (κ3) is 2.86. The van der Waals surface area contributed by atoms with E-state index in [1.54, 1.807) is 17.7 Å². The van der Waals surface area contributed by atoms with Crippen molar-refractivity contribution in [2.75, 3.05) is 11.1 Å². The maximum absolute atomic E-state index is 14.5. The van der Waals surface area contributed by atoms with Crippen LogP contribution in [-0.2, 0) is 0 Å². The number of tetrazole rings is 1. The van der Waals surface area contributed by atoms with Gasteiger partial charge in [-0.1, -0.05) is 0 Å². The minimum atomic E-state index is -0.736. The lowest BCUT2D eigenvalue weighted by molar-refractivity contribution is 0.619. The number of nitrogens with zero attached hydrogens (tertiary/aromatic N) is 6. The molecule has 4 rings (SSSR count). The van der Waals surface area contributed by atoms with Gasteiger partial charge in [0, 0.05) is 0 Å². The molecule has 1 saturated carbocycles. The highest BCUT2D eigenvalue weighted by atomic mass is 19.1. The number of nitrogens with two attached hydrogens (primary N) is 1. The second kappa shape index (κ2) is 5.72. The highest BCUT2D eigenvalue weighted by Gasteiger charge is 2.29. The van der Waals surface area contributed by atoms with E-state index in [1.807, 2.05) is 0 Å². The van der Waals surface area contributed by atoms with Gasteiger partial charge < -0.3 is 11.1 Å². The molecule has 0 bridgehead atoms. The van der Waals surface area contributed by atoms with E-state index < -0.39 is 11.6 Å². The Labute approximate surface area is 141 Å². The van der Waals surface area contributed by atoms with Gasteiger partial charge in [0.05, 0.1) is 17.6 Å². The van der Waals surface area contributed by atoms with Gasteiger partial charge in [-0.05, 0) is 53.8 Å². The van der Waals surface area contributed by atoms with Gasteiger partial charge in [0.15, 0.2) is 17.5 Å². The quantitative estimate of drug-likeness (QED) is 0.747. The third-order valence-electron chi connectivity index (χ3n) is 4.00. The SMILES string of the molecule is Cc1nnnn1-c1cc(Nc2ncc(F)c(N)n2)c(F)cc1C1CC1. The Balaban J connectivity index is 1.77. The van der Waals surface area contributed by atoms with E-state index >= 15 is 0 Å². The van der Waals surface area contributed by atoms with E-state index in [0.717, 1.165) is 24.6 Å². The lowest BCUT2D eigenvalue weighted by Crippen LogP contribution is -2.08. The summed E-state index contributed by atoms with van der Waals surface area (Å²) in [5.74, 6) is -0.648. The van der Waals surface area contributed by atoms with Crippen molar-refractivity contribution in [3.05, 3.63) is 41.4 Å². The molecular formula is C15H14F2N8. The first-order valence-electron chi connectivity index (χ1n) is 7.67. The van der Waals surface area contributed by atoms with Crippen molar-refractivity contribution in [3.8, 4) is 5.69 Å². The molecule has 0 aliphatic heterocycles. The van der Waals surface area contributed by atoms with Gasteiger partial charge in [0.2, 0.25) is 5.95 Å². The summed E-state index contributed by atoms with van der Waals surface area (Å²) in [6.07, 6.45) is 2.92. The molecule has 0 radical (unpaired) electrons. The summed E-state index contributed by atoms with van der Waals surface area (Å²) in [5.41, 5.74) is 7.08. The summed E-state index contributed by atoms with van der Waals surface area (Å²) in [6, 6.07) is 3.05. The molecule has 8 nitrogen and oxygen atoms in total. The largest absolute Gasteiger partial charge is 0.381 e. The van der Waals surface area contributed by atoms with E-state index in [1.165, 1.54) is 6.07 Å². The lowest BCUT2D eigenvalue weighted by Gasteiger charge is -2.13. The summed E-state index contributed by atoms with van der Waals surface area (Å²) in [5, 5.41) is 14.2. The Hall–Kier alpha value is -3.17. The number of aryl methyl sites for hydroxylation is 1. The molecular weight excluding hydrogens is 330 g/mol. The third-order valence-corrected chi connectivity index (χ3v) is 4.00. The first-order valence-corrected chi connectivity index (χ1v) is 7.67. The summed E-state index contributed by atoms with van der Waals surface area (Å²) in [6.45, 7) is 1.76. The molecule has 0 atom stereocenters. The van der Waals surface area contributed by atoms with Crippen molar-refractivity contribution < 1.29 is 8.78 Å². The van der Waals surface area contributed by atoms with Crippen molar-refractivity contribution >= 4 is 17.5 Å². The minimum Gasteiger partial charge on any atom is -0.381 e. The van der Waals surface area contributed by atoms with Gasteiger partial charge in [-0.15, -0.1) is 5.10 Å². The molecule has 0 unspecified atom stereocenters. The zero-order chi connectivity index (χ0) is 17.6. The zero-order valence-corrected chi connectivity index (χ0v) is 13.2. The van der Waals surface area contributed by atoms with E-state index in [4.69, 9.17) is 5.73 Å². The van der Waals surface area contributed by atoms with Crippen LogP contribution >= 0.6 is 0 Å². The van der Waals surface area contributed by atoms with Gasteiger partial charge >= 0.3 is 0 Å². The van der Waals surface area contributed by atoms with Crippen LogP contribution in [0.2, 0.25) is 0 Å². The summed E-state index contributed by atoms with van der Waals surface area (Å²) < 4.78 is 29.3. The standard InChI is InChI=1S/C15H14F2N8/c1-7-22-23-24-25(7)13-5-12(10(16)4-9(13)8-2-3-8)20-15-19-6-11(17)14(18)21-15/h4-6,8H,2-3H2,1H3,(H3,18,19,20,21). The van der Waals surface area contributed by atoms with Crippen LogP contribution in [0.1, 0.15) is 30.1 Å². The van der Waals surface area contributed by atoms with Gasteiger partial charge in [-0.25, -0.2) is 13.8 Å². The molecule has 1 fully saturated rings. The summed E-state index contributed by atoms with van der Waals surface area (Å²) >= 11 is 0. The van der Waals surface area contributed by atoms with Crippen molar-refractivity contribution in [1.82, 2.24) is 30.2 Å². The van der Waals surface area contributed by atoms with E-state index in [0.29, 0.717) is 17.4 Å². The van der Waals surface area contributed by atoms with Crippen molar-refractivity contribution in [3.63, 3.8) is 0 Å². The fourth-order valence-electron chi connectivity index (χ4n) is 2.59. The van der Waals surface area contributed by atoms with Crippen molar-refractivity contribution in [1.29, 1.82) is 0 Å². The fraction of sp³-hybridized carbons (Fsp3) is 0.267. The summed E-state index contributed by atoms with van der Waals surface area (Å²) in [7, 11) is 0. The van der Waals surface area contributed by atoms with Gasteiger partial charge in [0.25, 0.3) is 0 Å². The number of halogens is 2. The normalized spacial score (nSPS) is 13.9. The molecule has 2 aromatic heterocycles. The van der Waals surface area contributed by atoms with Crippen LogP contribution in [0, 0.1) is 18.6 Å². The first-order chi connectivity index (χ1) is 12.0. The van der Waals surface area contributed by atoms with Crippen LogP contribution in [0.4, 0.5) is 26.2 Å². The molecule has 1 aliphatic carbocycles. The van der Waals surface area contributed by atoms with Crippen molar-refractivity contribution in [2.45, 2.75) is 25.7 Å². The Bertz CT molecular complexity index is 951. The lowest BCUT2D eigenvalue weighted by atomic mass is 10.1. The molecule has 25 heavy (non-hydrogen) atoms. The minimum absolute atomic E-state index is 0.00337. The molecule has 3 N–H and O–H groups in total. The molecule has 0 spiro atoms. The highest BCUT2D eigenvalue weighted by Crippen LogP contribution is 2.44. The number of nitrogens with one attached hydrogen (secondary N) is 1. The monoisotopic (exact) mass is 344 g/mol. The first kappa shape index (κ1) is 15.4. The van der Waals surface area contributed by atoms with Crippen LogP contribution in [0.25, 0.3) is 5.69 Å². The smallest absolute Gasteiger partial charge is 0.229 e. The van der Waals surface area contributed by atoms with Gasteiger partial charge in [-0.2, -0.15) is 9.67 Å². The van der Waals surface area contributed by atoms with Crippen LogP contribution in [0.15, 0.2) is 18.3 Å². The van der Waals surface area contributed by atoms with Crippen LogP contribution in [0.5, 0.6) is 0 Å². The number of aromatic nitrogens is 6. The fourth-order valence-corrected chi connectivity index (χ4v) is 2.59. The summed E-state index contributed by atoms with van der Waals surface area (Å²) in [4.78, 5) is 7.52. The molecule has 128 valence electrons. The maximum Gasteiger partial charge on any atom is 0.229 e. The Morgan fingerprint density at radius 2 is 2.04 bits per heavy atom. The Morgan fingerprint density at radius 1 is 1.24 bits per heavy atom. The van der Waals surface area contributed by atoms with Gasteiger partial charge in [-0.3, -0.25) is 0 Å². The Kier molecular flexibility index (Phi) is 3.52. The van der Waals surface area contributed by atoms with Crippen molar-refractivity contribution in [2.24, 2.45) is 0 Å². The number of nitrogen functional groups attached to an aromatic ring is 1. The molecule has 3 aromatic rings. The molecule has 10 heteroatoms. The van der Waals surface area contributed by atoms with E-state index in [9.17, 15) is 8.78 Å². The molecule has 1 aliphatic rings. The number of benzene rings is 1.